The summed E-state index contributed by atoms with van der Waals surface area (Å²) in [5, 5.41) is 3.12. The van der Waals surface area contributed by atoms with Gasteiger partial charge in [0.1, 0.15) is 5.54 Å². The summed E-state index contributed by atoms with van der Waals surface area (Å²) in [5.74, 6) is 0.873. The Morgan fingerprint density at radius 3 is 2.66 bits per heavy atom. The average molecular weight is 386 g/mol. The van der Waals surface area contributed by atoms with Crippen molar-refractivity contribution in [2.45, 2.75) is 43.2 Å². The van der Waals surface area contributed by atoms with Gasteiger partial charge < -0.3 is 10.2 Å². The maximum atomic E-state index is 12.9. The third kappa shape index (κ3) is 2.52. The highest BCUT2D eigenvalue weighted by Crippen LogP contribution is 2.50. The number of hydrogen-bond donors (Lipinski definition) is 1. The third-order valence-electron chi connectivity index (χ3n) is 7.64. The minimum atomic E-state index is -0.393. The van der Waals surface area contributed by atoms with E-state index in [1.165, 1.54) is 24.0 Å². The number of likely N-dealkylation sites (tertiary alicyclic amines) is 1. The van der Waals surface area contributed by atoms with Crippen LogP contribution in [0.5, 0.6) is 0 Å². The SMILES string of the molecule is O=C1NCN(c2ccccc2)C12CCN(C1CC3CC=Cc4cccc1c43)CC2. The van der Waals surface area contributed by atoms with Crippen LogP contribution < -0.4 is 10.2 Å². The highest BCUT2D eigenvalue weighted by Gasteiger charge is 2.51. The zero-order valence-electron chi connectivity index (χ0n) is 16.7. The van der Waals surface area contributed by atoms with Gasteiger partial charge in [-0.25, -0.2) is 0 Å². The highest BCUT2D eigenvalue weighted by molar-refractivity contribution is 5.93. The molecule has 2 aromatic carbocycles. The number of para-hydroxylation sites is 1. The number of anilines is 1. The Hall–Kier alpha value is -2.59. The topological polar surface area (TPSA) is 35.6 Å². The number of rotatable bonds is 2. The minimum absolute atomic E-state index is 0.204. The monoisotopic (exact) mass is 385 g/mol. The molecule has 1 amide bonds. The smallest absolute Gasteiger partial charge is 0.247 e. The van der Waals surface area contributed by atoms with Crippen LogP contribution in [0, 0.1) is 0 Å². The van der Waals surface area contributed by atoms with Crippen LogP contribution >= 0.6 is 0 Å². The quantitative estimate of drug-likeness (QED) is 0.847. The van der Waals surface area contributed by atoms with E-state index in [2.05, 4.69) is 69.7 Å². The molecule has 2 heterocycles. The minimum Gasteiger partial charge on any atom is -0.339 e. The van der Waals surface area contributed by atoms with E-state index in [1.807, 2.05) is 6.07 Å². The van der Waals surface area contributed by atoms with Gasteiger partial charge in [-0.05, 0) is 60.4 Å². The van der Waals surface area contributed by atoms with Crippen molar-refractivity contribution in [1.29, 1.82) is 0 Å². The number of hydrogen-bond acceptors (Lipinski definition) is 3. The van der Waals surface area contributed by atoms with Gasteiger partial charge in [-0.3, -0.25) is 9.69 Å². The molecule has 2 aliphatic carbocycles. The fourth-order valence-corrected chi connectivity index (χ4v) is 6.18. The molecule has 4 aliphatic rings. The van der Waals surface area contributed by atoms with Gasteiger partial charge in [0.2, 0.25) is 5.91 Å². The first-order valence-corrected chi connectivity index (χ1v) is 10.9. The Bertz CT molecular complexity index is 975. The Morgan fingerprint density at radius 2 is 1.83 bits per heavy atom. The zero-order chi connectivity index (χ0) is 19.4. The molecular formula is C25H27N3O. The molecule has 6 rings (SSSR count). The zero-order valence-corrected chi connectivity index (χ0v) is 16.7. The summed E-state index contributed by atoms with van der Waals surface area (Å²) in [4.78, 5) is 17.9. The molecule has 0 radical (unpaired) electrons. The molecule has 29 heavy (non-hydrogen) atoms. The maximum absolute atomic E-state index is 12.9. The molecule has 0 saturated carbocycles. The molecule has 2 unspecified atom stereocenters. The van der Waals surface area contributed by atoms with Crippen molar-refractivity contribution >= 4 is 17.7 Å². The lowest BCUT2D eigenvalue weighted by Gasteiger charge is -2.45. The van der Waals surface area contributed by atoms with Gasteiger partial charge in [-0.2, -0.15) is 0 Å². The number of carbonyl (C=O) groups excluding carboxylic acids is 1. The van der Waals surface area contributed by atoms with Gasteiger partial charge in [-0.15, -0.1) is 0 Å². The van der Waals surface area contributed by atoms with Crippen LogP contribution in [-0.2, 0) is 4.79 Å². The van der Waals surface area contributed by atoms with E-state index in [-0.39, 0.29) is 5.91 Å². The predicted molar refractivity (Wildman–Crippen MR) is 116 cm³/mol. The fraction of sp³-hybridized carbons (Fsp3) is 0.400. The van der Waals surface area contributed by atoms with Crippen LogP contribution in [0.15, 0.2) is 54.6 Å². The van der Waals surface area contributed by atoms with Gasteiger partial charge in [0.25, 0.3) is 0 Å². The molecule has 2 aliphatic heterocycles. The number of allylic oxidation sites excluding steroid dienone is 1. The standard InChI is InChI=1S/C25H27N3O/c29-24-25(28(17-26-24)20-9-2-1-3-10-20)12-14-27(15-13-25)22-16-19-8-4-6-18-7-5-11-21(22)23(18)19/h1-7,9-11,19,22H,8,12-17H2,(H,26,29). The number of nitrogens with zero attached hydrogens (tertiary/aromatic N) is 2. The van der Waals surface area contributed by atoms with Crippen LogP contribution in [0.1, 0.15) is 54.3 Å². The van der Waals surface area contributed by atoms with Crippen molar-refractivity contribution in [2.75, 3.05) is 24.7 Å². The normalized spacial score (nSPS) is 27.3. The van der Waals surface area contributed by atoms with Crippen molar-refractivity contribution in [3.8, 4) is 0 Å². The summed E-state index contributed by atoms with van der Waals surface area (Å²) in [6, 6.07) is 17.7. The van der Waals surface area contributed by atoms with E-state index in [4.69, 9.17) is 0 Å². The molecular weight excluding hydrogens is 358 g/mol. The van der Waals surface area contributed by atoms with E-state index in [0.29, 0.717) is 18.6 Å². The van der Waals surface area contributed by atoms with Crippen molar-refractivity contribution in [1.82, 2.24) is 10.2 Å². The number of carbonyl (C=O) groups is 1. The average Bonchev–Trinajstić information content (AvgIpc) is 3.30. The molecule has 0 bridgehead atoms. The number of nitrogens with one attached hydrogen (secondary N) is 1. The van der Waals surface area contributed by atoms with Gasteiger partial charge in [0.05, 0.1) is 6.67 Å². The molecule has 2 fully saturated rings. The van der Waals surface area contributed by atoms with Crippen molar-refractivity contribution in [3.05, 3.63) is 71.3 Å². The second kappa shape index (κ2) is 6.46. The molecule has 2 aromatic rings. The molecule has 2 atom stereocenters. The highest BCUT2D eigenvalue weighted by atomic mass is 16.2. The molecule has 4 heteroatoms. The first-order chi connectivity index (χ1) is 14.3. The number of amides is 1. The summed E-state index contributed by atoms with van der Waals surface area (Å²) in [6.07, 6.45) is 8.81. The lowest BCUT2D eigenvalue weighted by Crippen LogP contribution is -2.56. The Kier molecular flexibility index (Phi) is 3.85. The number of benzene rings is 2. The van der Waals surface area contributed by atoms with Gasteiger partial charge in [0, 0.05) is 24.8 Å². The van der Waals surface area contributed by atoms with Crippen molar-refractivity contribution < 1.29 is 4.79 Å². The number of piperidine rings is 1. The largest absolute Gasteiger partial charge is 0.339 e. The van der Waals surface area contributed by atoms with Crippen LogP contribution in [-0.4, -0.2) is 36.1 Å². The van der Waals surface area contributed by atoms with E-state index in [1.54, 1.807) is 5.56 Å². The summed E-state index contributed by atoms with van der Waals surface area (Å²) < 4.78 is 0. The Morgan fingerprint density at radius 1 is 1.00 bits per heavy atom. The molecule has 1 spiro atoms. The fourth-order valence-electron chi connectivity index (χ4n) is 6.18. The van der Waals surface area contributed by atoms with Crippen LogP contribution in [0.3, 0.4) is 0 Å². The van der Waals surface area contributed by atoms with Crippen LogP contribution in [0.2, 0.25) is 0 Å². The molecule has 4 nitrogen and oxygen atoms in total. The summed E-state index contributed by atoms with van der Waals surface area (Å²) >= 11 is 0. The lowest BCUT2D eigenvalue weighted by atomic mass is 9.84. The van der Waals surface area contributed by atoms with E-state index < -0.39 is 5.54 Å². The second-order valence-electron chi connectivity index (χ2n) is 8.93. The van der Waals surface area contributed by atoms with Crippen molar-refractivity contribution in [2.24, 2.45) is 0 Å². The predicted octanol–water partition coefficient (Wildman–Crippen LogP) is 4.06. The second-order valence-corrected chi connectivity index (χ2v) is 8.93. The Balaban J connectivity index is 1.26. The van der Waals surface area contributed by atoms with Crippen molar-refractivity contribution in [3.63, 3.8) is 0 Å². The van der Waals surface area contributed by atoms with Crippen LogP contribution in [0.25, 0.3) is 6.08 Å². The first kappa shape index (κ1) is 17.3. The summed E-state index contributed by atoms with van der Waals surface area (Å²) in [6.45, 7) is 2.57. The lowest BCUT2D eigenvalue weighted by molar-refractivity contribution is -0.125. The molecule has 2 saturated heterocycles. The summed E-state index contributed by atoms with van der Waals surface area (Å²) in [5.41, 5.74) is 5.29. The molecule has 1 N–H and O–H groups in total. The van der Waals surface area contributed by atoms with Gasteiger partial charge >= 0.3 is 0 Å². The van der Waals surface area contributed by atoms with E-state index >= 15 is 0 Å². The molecule has 0 aromatic heterocycles. The third-order valence-corrected chi connectivity index (χ3v) is 7.64. The summed E-state index contributed by atoms with van der Waals surface area (Å²) in [7, 11) is 0. The van der Waals surface area contributed by atoms with Crippen LogP contribution in [0.4, 0.5) is 5.69 Å². The molecule has 148 valence electrons. The maximum Gasteiger partial charge on any atom is 0.247 e. The van der Waals surface area contributed by atoms with Gasteiger partial charge in [0.15, 0.2) is 0 Å². The van der Waals surface area contributed by atoms with Gasteiger partial charge in [-0.1, -0.05) is 48.6 Å². The van der Waals surface area contributed by atoms with E-state index in [9.17, 15) is 4.79 Å². The van der Waals surface area contributed by atoms with E-state index in [0.717, 1.165) is 31.6 Å². The first-order valence-electron chi connectivity index (χ1n) is 10.9. The Labute approximate surface area is 172 Å².